The lowest BCUT2D eigenvalue weighted by Gasteiger charge is -2.12. The number of hydrogen-bond acceptors (Lipinski definition) is 3. The lowest BCUT2D eigenvalue weighted by molar-refractivity contribution is -0.122. The number of aryl methyl sites for hydroxylation is 1. The normalized spacial score (nSPS) is 11.3. The summed E-state index contributed by atoms with van der Waals surface area (Å²) in [4.78, 5) is 11.5. The molecule has 108 valence electrons. The third-order valence-corrected chi connectivity index (χ3v) is 2.60. The van der Waals surface area contributed by atoms with Crippen LogP contribution in [-0.2, 0) is 4.79 Å². The standard InChI is InChI=1S/C14H22N2O2.ClH/c1-3-5-13(15)14(17)16-8-9-18-12-7-4-6-11(2)10-12;/h4,6-7,10,13H,3,5,8-9,15H2,1-2H3,(H,16,17);1H. The highest BCUT2D eigenvalue weighted by Crippen LogP contribution is 2.11. The summed E-state index contributed by atoms with van der Waals surface area (Å²) in [6.45, 7) is 4.95. The van der Waals surface area contributed by atoms with Gasteiger partial charge in [0, 0.05) is 0 Å². The van der Waals surface area contributed by atoms with Crippen molar-refractivity contribution < 1.29 is 9.53 Å². The quantitative estimate of drug-likeness (QED) is 0.754. The van der Waals surface area contributed by atoms with Gasteiger partial charge in [-0.05, 0) is 31.0 Å². The Morgan fingerprint density at radius 3 is 2.84 bits per heavy atom. The second-order valence-corrected chi connectivity index (χ2v) is 4.35. The predicted molar refractivity (Wildman–Crippen MR) is 79.8 cm³/mol. The van der Waals surface area contributed by atoms with Gasteiger partial charge in [-0.25, -0.2) is 0 Å². The molecule has 1 aromatic rings. The molecule has 0 aliphatic rings. The zero-order valence-electron chi connectivity index (χ0n) is 11.5. The van der Waals surface area contributed by atoms with E-state index in [2.05, 4.69) is 5.32 Å². The molecule has 0 radical (unpaired) electrons. The minimum atomic E-state index is -0.408. The number of benzene rings is 1. The van der Waals surface area contributed by atoms with Crippen molar-refractivity contribution in [2.45, 2.75) is 32.7 Å². The number of rotatable bonds is 7. The number of halogens is 1. The van der Waals surface area contributed by atoms with Crippen LogP contribution in [0.3, 0.4) is 0 Å². The van der Waals surface area contributed by atoms with E-state index in [1.807, 2.05) is 38.1 Å². The van der Waals surface area contributed by atoms with Crippen LogP contribution in [0.4, 0.5) is 0 Å². The van der Waals surface area contributed by atoms with Gasteiger partial charge >= 0.3 is 0 Å². The molecule has 5 heteroatoms. The molecule has 0 aromatic heterocycles. The molecule has 0 saturated carbocycles. The van der Waals surface area contributed by atoms with E-state index in [0.29, 0.717) is 19.6 Å². The van der Waals surface area contributed by atoms with Gasteiger partial charge in [0.25, 0.3) is 0 Å². The van der Waals surface area contributed by atoms with Crippen molar-refractivity contribution in [3.05, 3.63) is 29.8 Å². The molecule has 19 heavy (non-hydrogen) atoms. The summed E-state index contributed by atoms with van der Waals surface area (Å²) in [6.07, 6.45) is 1.62. The first kappa shape index (κ1) is 17.7. The lowest BCUT2D eigenvalue weighted by atomic mass is 10.2. The van der Waals surface area contributed by atoms with E-state index in [1.54, 1.807) is 0 Å². The van der Waals surface area contributed by atoms with Crippen LogP contribution >= 0.6 is 12.4 Å². The molecule has 0 aliphatic heterocycles. The van der Waals surface area contributed by atoms with Gasteiger partial charge in [-0.2, -0.15) is 0 Å². The molecule has 4 nitrogen and oxygen atoms in total. The second-order valence-electron chi connectivity index (χ2n) is 4.35. The summed E-state index contributed by atoms with van der Waals surface area (Å²) in [7, 11) is 0. The van der Waals surface area contributed by atoms with Crippen LogP contribution in [0, 0.1) is 6.92 Å². The molecule has 0 bridgehead atoms. The van der Waals surface area contributed by atoms with Crippen molar-refractivity contribution >= 4 is 18.3 Å². The van der Waals surface area contributed by atoms with Crippen molar-refractivity contribution in [1.29, 1.82) is 0 Å². The minimum Gasteiger partial charge on any atom is -0.492 e. The number of amides is 1. The van der Waals surface area contributed by atoms with Crippen LogP contribution in [0.5, 0.6) is 5.75 Å². The molecule has 1 rings (SSSR count). The van der Waals surface area contributed by atoms with Gasteiger partial charge in [0.15, 0.2) is 0 Å². The molecule has 0 heterocycles. The zero-order chi connectivity index (χ0) is 13.4. The summed E-state index contributed by atoms with van der Waals surface area (Å²) >= 11 is 0. The molecule has 0 fully saturated rings. The minimum absolute atomic E-state index is 0. The van der Waals surface area contributed by atoms with Crippen molar-refractivity contribution in [2.24, 2.45) is 5.73 Å². The van der Waals surface area contributed by atoms with E-state index in [-0.39, 0.29) is 18.3 Å². The largest absolute Gasteiger partial charge is 0.492 e. The maximum Gasteiger partial charge on any atom is 0.237 e. The fourth-order valence-corrected chi connectivity index (χ4v) is 1.62. The number of hydrogen-bond donors (Lipinski definition) is 2. The molecular weight excluding hydrogens is 264 g/mol. The first-order chi connectivity index (χ1) is 8.63. The van der Waals surface area contributed by atoms with Crippen LogP contribution in [-0.4, -0.2) is 25.1 Å². The Morgan fingerprint density at radius 1 is 1.47 bits per heavy atom. The average Bonchev–Trinajstić information content (AvgIpc) is 2.35. The van der Waals surface area contributed by atoms with Gasteiger partial charge in [-0.15, -0.1) is 12.4 Å². The smallest absolute Gasteiger partial charge is 0.237 e. The van der Waals surface area contributed by atoms with Crippen molar-refractivity contribution in [2.75, 3.05) is 13.2 Å². The lowest BCUT2D eigenvalue weighted by Crippen LogP contribution is -2.41. The van der Waals surface area contributed by atoms with Gasteiger partial charge in [0.05, 0.1) is 12.6 Å². The van der Waals surface area contributed by atoms with E-state index in [4.69, 9.17) is 10.5 Å². The monoisotopic (exact) mass is 286 g/mol. The number of carbonyl (C=O) groups excluding carboxylic acids is 1. The van der Waals surface area contributed by atoms with Gasteiger partial charge in [-0.1, -0.05) is 25.5 Å². The Balaban J connectivity index is 0.00000324. The Kier molecular flexibility index (Phi) is 9.00. The summed E-state index contributed by atoms with van der Waals surface area (Å²) in [5.41, 5.74) is 6.84. The second kappa shape index (κ2) is 9.64. The number of nitrogens with two attached hydrogens (primary N) is 1. The molecular formula is C14H23ClN2O2. The third-order valence-electron chi connectivity index (χ3n) is 2.60. The fraction of sp³-hybridized carbons (Fsp3) is 0.500. The zero-order valence-corrected chi connectivity index (χ0v) is 12.3. The van der Waals surface area contributed by atoms with Crippen molar-refractivity contribution in [1.82, 2.24) is 5.32 Å². The maximum absolute atomic E-state index is 11.5. The topological polar surface area (TPSA) is 64.4 Å². The highest BCUT2D eigenvalue weighted by molar-refractivity contribution is 5.85. The molecule has 1 amide bonds. The SMILES string of the molecule is CCCC(N)C(=O)NCCOc1cccc(C)c1.Cl. The van der Waals surface area contributed by atoms with Gasteiger partial charge in [0.1, 0.15) is 12.4 Å². The van der Waals surface area contributed by atoms with Crippen molar-refractivity contribution in [3.63, 3.8) is 0 Å². The first-order valence-electron chi connectivity index (χ1n) is 6.36. The van der Waals surface area contributed by atoms with E-state index >= 15 is 0 Å². The van der Waals surface area contributed by atoms with Gasteiger partial charge in [0.2, 0.25) is 5.91 Å². The molecule has 1 aromatic carbocycles. The molecule has 0 aliphatic carbocycles. The number of nitrogens with one attached hydrogen (secondary N) is 1. The Morgan fingerprint density at radius 2 is 2.21 bits per heavy atom. The molecule has 0 spiro atoms. The van der Waals surface area contributed by atoms with E-state index in [0.717, 1.165) is 17.7 Å². The van der Waals surface area contributed by atoms with Crippen LogP contribution in [0.2, 0.25) is 0 Å². The Bertz CT molecular complexity index is 385. The van der Waals surface area contributed by atoms with Crippen LogP contribution in [0.1, 0.15) is 25.3 Å². The Hall–Kier alpha value is -1.26. The van der Waals surface area contributed by atoms with E-state index in [9.17, 15) is 4.79 Å². The highest BCUT2D eigenvalue weighted by atomic mass is 35.5. The predicted octanol–water partition coefficient (Wildman–Crippen LogP) is 2.04. The molecule has 0 saturated heterocycles. The summed E-state index contributed by atoms with van der Waals surface area (Å²) in [5, 5.41) is 2.76. The fourth-order valence-electron chi connectivity index (χ4n) is 1.62. The molecule has 1 atom stereocenters. The average molecular weight is 287 g/mol. The summed E-state index contributed by atoms with van der Waals surface area (Å²) in [5.74, 6) is 0.715. The number of ether oxygens (including phenoxy) is 1. The third kappa shape index (κ3) is 7.03. The number of carbonyl (C=O) groups is 1. The Labute approximate surface area is 121 Å². The van der Waals surface area contributed by atoms with Crippen LogP contribution in [0.25, 0.3) is 0 Å². The van der Waals surface area contributed by atoms with Crippen LogP contribution in [0.15, 0.2) is 24.3 Å². The van der Waals surface area contributed by atoms with Gasteiger partial charge in [-0.3, -0.25) is 4.79 Å². The molecule has 3 N–H and O–H groups in total. The van der Waals surface area contributed by atoms with E-state index < -0.39 is 6.04 Å². The highest BCUT2D eigenvalue weighted by Gasteiger charge is 2.10. The summed E-state index contributed by atoms with van der Waals surface area (Å²) in [6, 6.07) is 7.41. The van der Waals surface area contributed by atoms with Crippen LogP contribution < -0.4 is 15.8 Å². The van der Waals surface area contributed by atoms with E-state index in [1.165, 1.54) is 0 Å². The maximum atomic E-state index is 11.5. The molecule has 1 unspecified atom stereocenters. The summed E-state index contributed by atoms with van der Waals surface area (Å²) < 4.78 is 5.52. The first-order valence-corrected chi connectivity index (χ1v) is 6.36. The van der Waals surface area contributed by atoms with Gasteiger partial charge < -0.3 is 15.8 Å². The van der Waals surface area contributed by atoms with Crippen molar-refractivity contribution in [3.8, 4) is 5.75 Å².